The minimum absolute atomic E-state index is 0.0571. The van der Waals surface area contributed by atoms with Crippen LogP contribution in [0.4, 0.5) is 4.39 Å². The second-order valence-corrected chi connectivity index (χ2v) is 7.43. The maximum absolute atomic E-state index is 15.2. The summed E-state index contributed by atoms with van der Waals surface area (Å²) in [5.74, 6) is -0.326. The maximum Gasteiger partial charge on any atom is 0.226 e. The summed E-state index contributed by atoms with van der Waals surface area (Å²) in [5.41, 5.74) is 4.87. The van der Waals surface area contributed by atoms with Crippen molar-refractivity contribution in [2.24, 2.45) is 0 Å². The molecule has 0 saturated carbocycles. The first-order valence-corrected chi connectivity index (χ1v) is 9.14. The summed E-state index contributed by atoms with van der Waals surface area (Å²) in [5, 5.41) is 0. The van der Waals surface area contributed by atoms with Gasteiger partial charge in [0.25, 0.3) is 0 Å². The van der Waals surface area contributed by atoms with Crippen LogP contribution < -0.4 is 4.57 Å². The molecule has 132 valence electrons. The van der Waals surface area contributed by atoms with Gasteiger partial charge in [0.1, 0.15) is 0 Å². The van der Waals surface area contributed by atoms with E-state index in [9.17, 15) is 0 Å². The molecule has 2 aliphatic heterocycles. The summed E-state index contributed by atoms with van der Waals surface area (Å²) >= 11 is 0. The lowest BCUT2D eigenvalue weighted by Crippen LogP contribution is -2.60. The van der Waals surface area contributed by atoms with Gasteiger partial charge in [0.15, 0.2) is 18.1 Å². The van der Waals surface area contributed by atoms with Gasteiger partial charge in [-0.2, -0.15) is 4.57 Å². The van der Waals surface area contributed by atoms with Crippen LogP contribution in [0.15, 0.2) is 88.6 Å². The summed E-state index contributed by atoms with van der Waals surface area (Å²) < 4.78 is 28.2. The van der Waals surface area contributed by atoms with Gasteiger partial charge in [-0.05, 0) is 23.8 Å². The van der Waals surface area contributed by atoms with Crippen molar-refractivity contribution in [2.75, 3.05) is 0 Å². The summed E-state index contributed by atoms with van der Waals surface area (Å²) in [7, 11) is 0. The van der Waals surface area contributed by atoms with Crippen LogP contribution in [0.2, 0.25) is 0 Å². The van der Waals surface area contributed by atoms with Crippen LogP contribution in [0.5, 0.6) is 0 Å². The average Bonchev–Trinajstić information content (AvgIpc) is 3.43. The van der Waals surface area contributed by atoms with Crippen molar-refractivity contribution in [3.05, 3.63) is 114 Å². The van der Waals surface area contributed by atoms with E-state index in [1.165, 1.54) is 11.1 Å². The zero-order valence-corrected chi connectivity index (χ0v) is 14.5. The molecular formula is C23H17FNO2+. The van der Waals surface area contributed by atoms with E-state index in [0.717, 1.165) is 23.2 Å². The van der Waals surface area contributed by atoms with Crippen LogP contribution in [-0.2, 0) is 5.41 Å². The molecule has 3 aliphatic rings. The zero-order valence-electron chi connectivity index (χ0n) is 14.5. The molecule has 0 fully saturated rings. The molecular weight excluding hydrogens is 341 g/mol. The molecule has 2 atom stereocenters. The van der Waals surface area contributed by atoms with Crippen LogP contribution in [0.25, 0.3) is 0 Å². The first kappa shape index (κ1) is 15.0. The highest BCUT2D eigenvalue weighted by Crippen LogP contribution is 2.59. The number of hydrogen-bond donors (Lipinski definition) is 0. The Kier molecular flexibility index (Phi) is 2.88. The Morgan fingerprint density at radius 1 is 0.889 bits per heavy atom. The van der Waals surface area contributed by atoms with E-state index in [1.54, 1.807) is 37.2 Å². The highest BCUT2D eigenvalue weighted by Gasteiger charge is 2.61. The number of rotatable bonds is 2. The van der Waals surface area contributed by atoms with E-state index in [-0.39, 0.29) is 17.8 Å². The number of fused-ring (bicyclic) bond motifs is 1. The lowest BCUT2D eigenvalue weighted by molar-refractivity contribution is -0.734. The number of halogens is 1. The first-order valence-electron chi connectivity index (χ1n) is 9.14. The molecule has 2 bridgehead atoms. The number of nitrogens with zero attached hydrogens (tertiary/aromatic N) is 1. The summed E-state index contributed by atoms with van der Waals surface area (Å²) in [6.07, 6.45) is 9.81. The molecule has 0 spiro atoms. The van der Waals surface area contributed by atoms with Gasteiger partial charge in [0, 0.05) is 29.2 Å². The number of pyridine rings is 1. The fourth-order valence-corrected chi connectivity index (χ4v) is 5.34. The van der Waals surface area contributed by atoms with Gasteiger partial charge in [-0.15, -0.1) is 0 Å². The van der Waals surface area contributed by atoms with Crippen molar-refractivity contribution in [1.29, 1.82) is 0 Å². The number of furan rings is 2. The summed E-state index contributed by atoms with van der Waals surface area (Å²) in [4.78, 5) is 0. The molecule has 0 N–H and O–H groups in total. The molecule has 4 aromatic rings. The van der Waals surface area contributed by atoms with E-state index in [1.807, 2.05) is 24.4 Å². The van der Waals surface area contributed by atoms with Gasteiger partial charge in [0.05, 0.1) is 36.4 Å². The fourth-order valence-electron chi connectivity index (χ4n) is 5.34. The van der Waals surface area contributed by atoms with Crippen molar-refractivity contribution in [3.63, 3.8) is 0 Å². The van der Waals surface area contributed by atoms with Gasteiger partial charge < -0.3 is 8.83 Å². The summed E-state index contributed by atoms with van der Waals surface area (Å²) in [6, 6.07) is 15.8. The second kappa shape index (κ2) is 5.19. The molecule has 2 unspecified atom stereocenters. The monoisotopic (exact) mass is 358 g/mol. The van der Waals surface area contributed by atoms with E-state index < -0.39 is 5.41 Å². The zero-order chi connectivity index (χ0) is 18.0. The van der Waals surface area contributed by atoms with Crippen LogP contribution in [0.1, 0.15) is 46.3 Å². The third kappa shape index (κ3) is 1.78. The van der Waals surface area contributed by atoms with E-state index in [2.05, 4.69) is 22.8 Å². The smallest absolute Gasteiger partial charge is 0.226 e. The van der Waals surface area contributed by atoms with Crippen molar-refractivity contribution in [2.45, 2.75) is 23.8 Å². The highest BCUT2D eigenvalue weighted by molar-refractivity contribution is 5.53. The van der Waals surface area contributed by atoms with Gasteiger partial charge in [-0.25, -0.2) is 4.39 Å². The van der Waals surface area contributed by atoms with Crippen LogP contribution in [0, 0.1) is 5.82 Å². The normalized spacial score (nSPS) is 21.7. The molecule has 5 heterocycles. The van der Waals surface area contributed by atoms with Crippen LogP contribution in [-0.4, -0.2) is 0 Å². The van der Waals surface area contributed by atoms with E-state index in [4.69, 9.17) is 8.83 Å². The van der Waals surface area contributed by atoms with E-state index >= 15 is 4.39 Å². The predicted octanol–water partition coefficient (Wildman–Crippen LogP) is 4.72. The molecule has 0 amide bonds. The van der Waals surface area contributed by atoms with Gasteiger partial charge in [0.2, 0.25) is 5.69 Å². The van der Waals surface area contributed by atoms with Crippen molar-refractivity contribution in [3.8, 4) is 0 Å². The molecule has 3 nitrogen and oxygen atoms in total. The Morgan fingerprint density at radius 2 is 1.59 bits per heavy atom. The Bertz CT molecular complexity index is 1100. The average molecular weight is 358 g/mol. The van der Waals surface area contributed by atoms with Crippen molar-refractivity contribution >= 4 is 0 Å². The largest absolute Gasteiger partial charge is 0.472 e. The fraction of sp³-hybridized carbons (Fsp3) is 0.174. The van der Waals surface area contributed by atoms with Gasteiger partial charge in [-0.1, -0.05) is 24.3 Å². The minimum atomic E-state index is -0.429. The lowest BCUT2D eigenvalue weighted by Gasteiger charge is -2.48. The van der Waals surface area contributed by atoms with Gasteiger partial charge in [-0.3, -0.25) is 0 Å². The minimum Gasteiger partial charge on any atom is -0.472 e. The maximum atomic E-state index is 15.2. The molecule has 4 heteroatoms. The lowest BCUT2D eigenvalue weighted by atomic mass is 9.54. The van der Waals surface area contributed by atoms with Crippen LogP contribution >= 0.6 is 0 Å². The number of hydrogen-bond acceptors (Lipinski definition) is 2. The van der Waals surface area contributed by atoms with Crippen LogP contribution in [0.3, 0.4) is 0 Å². The first-order chi connectivity index (χ1) is 13.3. The Morgan fingerprint density at radius 3 is 2.26 bits per heavy atom. The molecule has 7 rings (SSSR count). The topological polar surface area (TPSA) is 30.2 Å². The summed E-state index contributed by atoms with van der Waals surface area (Å²) in [6.45, 7) is 0. The Hall–Kier alpha value is -3.14. The highest BCUT2D eigenvalue weighted by atomic mass is 19.1. The molecule has 3 aromatic heterocycles. The molecule has 0 radical (unpaired) electrons. The SMILES string of the molecule is Fc1ccc[n+]2c1C1c3ccccc3C2CC1(c1ccoc1)c1ccoc1. The molecule has 1 aromatic carbocycles. The van der Waals surface area contributed by atoms with Gasteiger partial charge >= 0.3 is 0 Å². The second-order valence-electron chi connectivity index (χ2n) is 7.43. The molecule has 1 aliphatic carbocycles. The third-order valence-electron chi connectivity index (χ3n) is 6.37. The quantitative estimate of drug-likeness (QED) is 0.485. The van der Waals surface area contributed by atoms with E-state index in [0.29, 0.717) is 0 Å². The Labute approximate surface area is 155 Å². The Balaban J connectivity index is 1.75. The van der Waals surface area contributed by atoms with Crippen molar-refractivity contribution in [1.82, 2.24) is 0 Å². The molecule has 0 saturated heterocycles. The predicted molar refractivity (Wildman–Crippen MR) is 95.8 cm³/mol. The molecule has 27 heavy (non-hydrogen) atoms. The van der Waals surface area contributed by atoms with Crippen molar-refractivity contribution < 1.29 is 17.8 Å². The standard InChI is InChI=1S/C23H17FNO2/c24-19-6-3-9-25-20-12-23(15-7-10-26-13-15,16-8-11-27-14-16)21(22(19)25)18-5-2-1-4-17(18)20/h1-11,13-14,20-21H,12H2/q+1. The third-order valence-corrected chi connectivity index (χ3v) is 6.37. The number of benzene rings is 1. The number of aromatic nitrogens is 1.